The minimum atomic E-state index is 0.657. The van der Waals surface area contributed by atoms with Crippen LogP contribution >= 0.6 is 39.1 Å². The molecule has 0 aliphatic rings. The monoisotopic (exact) mass is 324 g/mol. The van der Waals surface area contributed by atoms with Gasteiger partial charge in [-0.1, -0.05) is 63.4 Å². The van der Waals surface area contributed by atoms with Crippen LogP contribution in [0, 0.1) is 0 Å². The zero-order valence-electron chi connectivity index (χ0n) is 8.68. The zero-order valence-corrected chi connectivity index (χ0v) is 11.8. The van der Waals surface area contributed by atoms with Gasteiger partial charge in [0, 0.05) is 14.9 Å². The normalized spacial score (nSPS) is 11.2. The molecule has 0 heterocycles. The minimum absolute atomic E-state index is 0.657. The Balaban J connectivity index is 2.63. The zero-order chi connectivity index (χ0) is 12.0. The van der Waals surface area contributed by atoms with Crippen LogP contribution in [0.1, 0.15) is 0 Å². The van der Waals surface area contributed by atoms with E-state index in [9.17, 15) is 0 Å². The molecule has 0 amide bonds. The fourth-order valence-corrected chi connectivity index (χ4v) is 3.32. The Morgan fingerprint density at radius 2 is 1.59 bits per heavy atom. The van der Waals surface area contributed by atoms with Gasteiger partial charge in [0.1, 0.15) is 0 Å². The summed E-state index contributed by atoms with van der Waals surface area (Å²) in [5, 5.41) is 5.74. The third-order valence-corrected chi connectivity index (χ3v) is 3.99. The van der Waals surface area contributed by atoms with Crippen LogP contribution in [-0.4, -0.2) is 0 Å². The van der Waals surface area contributed by atoms with E-state index in [1.165, 1.54) is 0 Å². The molecule has 0 aliphatic heterocycles. The van der Waals surface area contributed by atoms with Crippen molar-refractivity contribution < 1.29 is 0 Å². The average molecular weight is 326 g/mol. The van der Waals surface area contributed by atoms with Gasteiger partial charge in [0.05, 0.1) is 5.02 Å². The lowest BCUT2D eigenvalue weighted by molar-refractivity contribution is 1.73. The topological polar surface area (TPSA) is 0 Å². The Morgan fingerprint density at radius 3 is 2.35 bits per heavy atom. The predicted molar refractivity (Wildman–Crippen MR) is 79.2 cm³/mol. The maximum absolute atomic E-state index is 6.29. The molecule has 0 nitrogen and oxygen atoms in total. The molecule has 3 aromatic rings. The van der Waals surface area contributed by atoms with E-state index in [0.29, 0.717) is 10.0 Å². The first-order chi connectivity index (χ1) is 8.16. The van der Waals surface area contributed by atoms with Gasteiger partial charge in [-0.25, -0.2) is 0 Å². The first kappa shape index (κ1) is 11.3. The SMILES string of the molecule is Clc1cc(Cl)c2c(c1)cc(Br)c1ccccc12. The summed E-state index contributed by atoms with van der Waals surface area (Å²) in [5.74, 6) is 0. The third-order valence-electron chi connectivity index (χ3n) is 2.82. The van der Waals surface area contributed by atoms with Gasteiger partial charge in [-0.3, -0.25) is 0 Å². The first-order valence-corrected chi connectivity index (χ1v) is 6.68. The summed E-state index contributed by atoms with van der Waals surface area (Å²) in [7, 11) is 0. The summed E-state index contributed by atoms with van der Waals surface area (Å²) in [6.45, 7) is 0. The number of rotatable bonds is 0. The molecule has 3 aromatic carbocycles. The highest BCUT2D eigenvalue weighted by atomic mass is 79.9. The van der Waals surface area contributed by atoms with E-state index in [2.05, 4.69) is 34.1 Å². The first-order valence-electron chi connectivity index (χ1n) is 5.13. The molecule has 0 radical (unpaired) electrons. The van der Waals surface area contributed by atoms with Gasteiger partial charge < -0.3 is 0 Å². The molecular weight excluding hydrogens is 319 g/mol. The molecule has 3 rings (SSSR count). The molecule has 0 saturated carbocycles. The van der Waals surface area contributed by atoms with Gasteiger partial charge in [-0.2, -0.15) is 0 Å². The van der Waals surface area contributed by atoms with Crippen molar-refractivity contribution in [2.45, 2.75) is 0 Å². The number of halogens is 3. The van der Waals surface area contributed by atoms with Crippen LogP contribution in [0.25, 0.3) is 21.5 Å². The van der Waals surface area contributed by atoms with Crippen LogP contribution in [0.4, 0.5) is 0 Å². The predicted octanol–water partition coefficient (Wildman–Crippen LogP) is 6.06. The van der Waals surface area contributed by atoms with Gasteiger partial charge in [-0.05, 0) is 34.4 Å². The smallest absolute Gasteiger partial charge is 0.0505 e. The van der Waals surface area contributed by atoms with Crippen molar-refractivity contribution in [3.63, 3.8) is 0 Å². The Hall–Kier alpha value is -0.760. The second-order valence-corrected chi connectivity index (χ2v) is 5.59. The highest BCUT2D eigenvalue weighted by Gasteiger charge is 2.08. The summed E-state index contributed by atoms with van der Waals surface area (Å²) < 4.78 is 1.05. The second kappa shape index (κ2) is 4.16. The van der Waals surface area contributed by atoms with Crippen molar-refractivity contribution in [2.75, 3.05) is 0 Å². The van der Waals surface area contributed by atoms with Crippen LogP contribution in [0.5, 0.6) is 0 Å². The summed E-state index contributed by atoms with van der Waals surface area (Å²) >= 11 is 15.9. The van der Waals surface area contributed by atoms with E-state index in [-0.39, 0.29) is 0 Å². The van der Waals surface area contributed by atoms with Crippen molar-refractivity contribution >= 4 is 60.7 Å². The van der Waals surface area contributed by atoms with Crippen LogP contribution in [0.3, 0.4) is 0 Å². The molecule has 0 fully saturated rings. The van der Waals surface area contributed by atoms with Gasteiger partial charge in [0.2, 0.25) is 0 Å². The van der Waals surface area contributed by atoms with Crippen molar-refractivity contribution in [3.8, 4) is 0 Å². The minimum Gasteiger partial charge on any atom is -0.0843 e. The lowest BCUT2D eigenvalue weighted by atomic mass is 10.0. The van der Waals surface area contributed by atoms with Crippen LogP contribution < -0.4 is 0 Å². The van der Waals surface area contributed by atoms with E-state index < -0.39 is 0 Å². The summed E-state index contributed by atoms with van der Waals surface area (Å²) in [5.41, 5.74) is 0. The van der Waals surface area contributed by atoms with Crippen LogP contribution in [0.15, 0.2) is 46.9 Å². The van der Waals surface area contributed by atoms with E-state index in [1.807, 2.05) is 18.2 Å². The molecule has 0 atom stereocenters. The van der Waals surface area contributed by atoms with Crippen molar-refractivity contribution in [1.82, 2.24) is 0 Å². The number of hydrogen-bond donors (Lipinski definition) is 0. The molecule has 0 spiro atoms. The Kier molecular flexibility index (Phi) is 2.78. The summed E-state index contributed by atoms with van der Waals surface area (Å²) in [6, 6.07) is 13.9. The van der Waals surface area contributed by atoms with E-state index in [0.717, 1.165) is 26.0 Å². The maximum atomic E-state index is 6.29. The van der Waals surface area contributed by atoms with Gasteiger partial charge >= 0.3 is 0 Å². The van der Waals surface area contributed by atoms with Crippen molar-refractivity contribution in [3.05, 3.63) is 57.0 Å². The molecule has 0 N–H and O–H groups in total. The Bertz CT molecular complexity index is 735. The standard InChI is InChI=1S/C14H7BrCl2/c15-12-6-8-5-9(16)7-13(17)14(8)11-4-2-1-3-10(11)12/h1-7H. The molecule has 0 aromatic heterocycles. The molecule has 0 aliphatic carbocycles. The summed E-state index contributed by atoms with van der Waals surface area (Å²) in [4.78, 5) is 0. The van der Waals surface area contributed by atoms with Gasteiger partial charge in [0.15, 0.2) is 0 Å². The van der Waals surface area contributed by atoms with E-state index in [4.69, 9.17) is 23.2 Å². The van der Waals surface area contributed by atoms with Crippen molar-refractivity contribution in [2.24, 2.45) is 0 Å². The summed E-state index contributed by atoms with van der Waals surface area (Å²) in [6.07, 6.45) is 0. The number of benzene rings is 3. The number of fused-ring (bicyclic) bond motifs is 3. The molecule has 0 saturated heterocycles. The van der Waals surface area contributed by atoms with Crippen LogP contribution in [-0.2, 0) is 0 Å². The maximum Gasteiger partial charge on any atom is 0.0505 e. The van der Waals surface area contributed by atoms with Crippen LogP contribution in [0.2, 0.25) is 10.0 Å². The lowest BCUT2D eigenvalue weighted by Crippen LogP contribution is -1.81. The van der Waals surface area contributed by atoms with E-state index >= 15 is 0 Å². The third kappa shape index (κ3) is 1.83. The molecule has 0 unspecified atom stereocenters. The quantitative estimate of drug-likeness (QED) is 0.440. The molecule has 84 valence electrons. The number of hydrogen-bond acceptors (Lipinski definition) is 0. The largest absolute Gasteiger partial charge is 0.0843 e. The molecule has 3 heteroatoms. The fourth-order valence-electron chi connectivity index (χ4n) is 2.12. The highest BCUT2D eigenvalue weighted by molar-refractivity contribution is 9.10. The molecule has 17 heavy (non-hydrogen) atoms. The molecule has 0 bridgehead atoms. The second-order valence-electron chi connectivity index (χ2n) is 3.89. The lowest BCUT2D eigenvalue weighted by Gasteiger charge is -2.08. The van der Waals surface area contributed by atoms with Gasteiger partial charge in [0.25, 0.3) is 0 Å². The van der Waals surface area contributed by atoms with E-state index in [1.54, 1.807) is 6.07 Å². The Labute approximate surface area is 117 Å². The average Bonchev–Trinajstić information content (AvgIpc) is 2.28. The fraction of sp³-hybridized carbons (Fsp3) is 0. The highest BCUT2D eigenvalue weighted by Crippen LogP contribution is 2.37. The van der Waals surface area contributed by atoms with Crippen molar-refractivity contribution in [1.29, 1.82) is 0 Å². The van der Waals surface area contributed by atoms with Gasteiger partial charge in [-0.15, -0.1) is 0 Å². The molecular formula is C14H7BrCl2. The Morgan fingerprint density at radius 1 is 0.882 bits per heavy atom.